The summed E-state index contributed by atoms with van der Waals surface area (Å²) in [5.41, 5.74) is 0. The Balaban J connectivity index is 1.64. The standard InChI is InChI=1S/C16H25N3O3S/c1-18(11-5-3-2-4-6-11)16(22)13-9-23-10-19(13)15(21)12-7-8-14(20)17-12/h11-13H,2-10H2,1H3,(H,17,20)/t12-,13-/m1/s1. The normalized spacial score (nSPS) is 28.7. The summed E-state index contributed by atoms with van der Waals surface area (Å²) in [5, 5.41) is 2.72. The summed E-state index contributed by atoms with van der Waals surface area (Å²) in [5.74, 6) is 1.08. The first kappa shape index (κ1) is 16.6. The summed E-state index contributed by atoms with van der Waals surface area (Å²) in [6, 6.07) is -0.515. The molecule has 2 aliphatic heterocycles. The van der Waals surface area contributed by atoms with Gasteiger partial charge >= 0.3 is 0 Å². The van der Waals surface area contributed by atoms with Crippen molar-refractivity contribution in [1.82, 2.24) is 15.1 Å². The lowest BCUT2D eigenvalue weighted by molar-refractivity contribution is -0.145. The van der Waals surface area contributed by atoms with Gasteiger partial charge in [0.15, 0.2) is 0 Å². The number of nitrogens with zero attached hydrogens (tertiary/aromatic N) is 2. The van der Waals surface area contributed by atoms with E-state index in [9.17, 15) is 14.4 Å². The lowest BCUT2D eigenvalue weighted by Gasteiger charge is -2.35. The van der Waals surface area contributed by atoms with E-state index in [1.54, 1.807) is 16.7 Å². The maximum Gasteiger partial charge on any atom is 0.246 e. The number of carbonyl (C=O) groups excluding carboxylic acids is 3. The zero-order valence-corrected chi connectivity index (χ0v) is 14.4. The van der Waals surface area contributed by atoms with Crippen LogP contribution in [0, 0.1) is 0 Å². The van der Waals surface area contributed by atoms with Crippen molar-refractivity contribution < 1.29 is 14.4 Å². The van der Waals surface area contributed by atoms with Crippen LogP contribution in [0.3, 0.4) is 0 Å². The summed E-state index contributed by atoms with van der Waals surface area (Å²) >= 11 is 1.62. The minimum Gasteiger partial charge on any atom is -0.344 e. The molecule has 2 saturated heterocycles. The van der Waals surface area contributed by atoms with Gasteiger partial charge in [0, 0.05) is 25.3 Å². The van der Waals surface area contributed by atoms with E-state index in [2.05, 4.69) is 5.32 Å². The van der Waals surface area contributed by atoms with Gasteiger partial charge in [-0.1, -0.05) is 19.3 Å². The lowest BCUT2D eigenvalue weighted by Crippen LogP contribution is -2.54. The first-order valence-corrected chi connectivity index (χ1v) is 9.67. The van der Waals surface area contributed by atoms with Crippen LogP contribution in [0.5, 0.6) is 0 Å². The minimum absolute atomic E-state index is 0.0552. The van der Waals surface area contributed by atoms with Crippen LogP contribution < -0.4 is 5.32 Å². The van der Waals surface area contributed by atoms with Crippen molar-refractivity contribution in [2.45, 2.75) is 63.1 Å². The van der Waals surface area contributed by atoms with Gasteiger partial charge in [-0.15, -0.1) is 11.8 Å². The van der Waals surface area contributed by atoms with Gasteiger partial charge in [-0.3, -0.25) is 14.4 Å². The van der Waals surface area contributed by atoms with E-state index in [-0.39, 0.29) is 23.8 Å². The van der Waals surface area contributed by atoms with E-state index in [1.165, 1.54) is 19.3 Å². The molecule has 1 saturated carbocycles. The molecular formula is C16H25N3O3S. The fourth-order valence-corrected chi connectivity index (χ4v) is 4.90. The van der Waals surface area contributed by atoms with E-state index < -0.39 is 6.04 Å². The second-order valence-corrected chi connectivity index (χ2v) is 7.72. The third kappa shape index (κ3) is 3.49. The number of hydrogen-bond acceptors (Lipinski definition) is 4. The van der Waals surface area contributed by atoms with Crippen molar-refractivity contribution >= 4 is 29.5 Å². The monoisotopic (exact) mass is 339 g/mol. The Morgan fingerprint density at radius 1 is 1.22 bits per heavy atom. The van der Waals surface area contributed by atoms with E-state index in [0.717, 1.165) is 12.8 Å². The van der Waals surface area contributed by atoms with Crippen molar-refractivity contribution in [3.8, 4) is 0 Å². The van der Waals surface area contributed by atoms with Gasteiger partial charge in [0.2, 0.25) is 17.7 Å². The van der Waals surface area contributed by atoms with Gasteiger partial charge in [0.05, 0.1) is 5.88 Å². The number of likely N-dealkylation sites (N-methyl/N-ethyl adjacent to an activating group) is 1. The van der Waals surface area contributed by atoms with Crippen LogP contribution in [0.15, 0.2) is 0 Å². The van der Waals surface area contributed by atoms with Crippen LogP contribution in [0.2, 0.25) is 0 Å². The highest BCUT2D eigenvalue weighted by Gasteiger charge is 2.41. The predicted molar refractivity (Wildman–Crippen MR) is 88.8 cm³/mol. The highest BCUT2D eigenvalue weighted by atomic mass is 32.2. The van der Waals surface area contributed by atoms with Crippen LogP contribution in [0.25, 0.3) is 0 Å². The molecule has 3 fully saturated rings. The number of hydrogen-bond donors (Lipinski definition) is 1. The molecule has 128 valence electrons. The molecule has 6 nitrogen and oxygen atoms in total. The lowest BCUT2D eigenvalue weighted by atomic mass is 9.94. The van der Waals surface area contributed by atoms with E-state index >= 15 is 0 Å². The number of rotatable bonds is 3. The molecule has 23 heavy (non-hydrogen) atoms. The molecule has 0 aromatic rings. The van der Waals surface area contributed by atoms with Crippen LogP contribution in [-0.2, 0) is 14.4 Å². The molecule has 3 aliphatic rings. The molecule has 0 radical (unpaired) electrons. The molecule has 3 rings (SSSR count). The van der Waals surface area contributed by atoms with Gasteiger partial charge in [-0.2, -0.15) is 0 Å². The van der Waals surface area contributed by atoms with Crippen LogP contribution in [-0.4, -0.2) is 64.3 Å². The summed E-state index contributed by atoms with van der Waals surface area (Å²) in [6.07, 6.45) is 6.68. The van der Waals surface area contributed by atoms with Crippen LogP contribution in [0.1, 0.15) is 44.9 Å². The molecule has 0 bridgehead atoms. The summed E-state index contributed by atoms with van der Waals surface area (Å²) in [6.45, 7) is 0. The summed E-state index contributed by atoms with van der Waals surface area (Å²) in [7, 11) is 1.88. The van der Waals surface area contributed by atoms with Crippen LogP contribution in [0.4, 0.5) is 0 Å². The van der Waals surface area contributed by atoms with Crippen molar-refractivity contribution in [2.75, 3.05) is 18.7 Å². The van der Waals surface area contributed by atoms with Gasteiger partial charge < -0.3 is 15.1 Å². The van der Waals surface area contributed by atoms with Gasteiger partial charge in [0.25, 0.3) is 0 Å². The fourth-order valence-electron chi connectivity index (χ4n) is 3.75. The quantitative estimate of drug-likeness (QED) is 0.831. The second kappa shape index (κ2) is 7.11. The third-order valence-corrected chi connectivity index (χ3v) is 6.23. The number of nitrogens with one attached hydrogen (secondary N) is 1. The molecule has 0 spiro atoms. The zero-order chi connectivity index (χ0) is 16.4. The average molecular weight is 339 g/mol. The fraction of sp³-hybridized carbons (Fsp3) is 0.812. The third-order valence-electron chi connectivity index (χ3n) is 5.21. The topological polar surface area (TPSA) is 69.7 Å². The Kier molecular flexibility index (Phi) is 5.14. The van der Waals surface area contributed by atoms with Crippen molar-refractivity contribution in [1.29, 1.82) is 0 Å². The molecule has 2 heterocycles. The van der Waals surface area contributed by atoms with Crippen molar-refractivity contribution in [2.24, 2.45) is 0 Å². The zero-order valence-electron chi connectivity index (χ0n) is 13.6. The Morgan fingerprint density at radius 2 is 1.96 bits per heavy atom. The molecule has 1 N–H and O–H groups in total. The van der Waals surface area contributed by atoms with E-state index in [1.807, 2.05) is 11.9 Å². The molecule has 3 amide bonds. The maximum atomic E-state index is 12.9. The second-order valence-electron chi connectivity index (χ2n) is 6.72. The number of amides is 3. The molecule has 1 aliphatic carbocycles. The highest BCUT2D eigenvalue weighted by molar-refractivity contribution is 7.99. The molecule has 0 unspecified atom stereocenters. The van der Waals surface area contributed by atoms with E-state index in [4.69, 9.17) is 0 Å². The SMILES string of the molecule is CN(C(=O)[C@H]1CSCN1C(=O)[C@H]1CCC(=O)N1)C1CCCCC1. The van der Waals surface area contributed by atoms with Gasteiger partial charge in [-0.25, -0.2) is 0 Å². The maximum absolute atomic E-state index is 12.9. The Hall–Kier alpha value is -1.24. The van der Waals surface area contributed by atoms with E-state index in [0.29, 0.717) is 30.5 Å². The molecular weight excluding hydrogens is 314 g/mol. The first-order valence-electron chi connectivity index (χ1n) is 8.52. The molecule has 2 atom stereocenters. The largest absolute Gasteiger partial charge is 0.344 e. The molecule has 0 aromatic carbocycles. The Bertz CT molecular complexity index is 493. The number of carbonyl (C=O) groups is 3. The van der Waals surface area contributed by atoms with Crippen LogP contribution >= 0.6 is 11.8 Å². The Labute approximate surface area is 141 Å². The average Bonchev–Trinajstić information content (AvgIpc) is 3.22. The number of thioether (sulfide) groups is 1. The Morgan fingerprint density at radius 3 is 2.61 bits per heavy atom. The predicted octanol–water partition coefficient (Wildman–Crippen LogP) is 0.958. The molecule has 0 aromatic heterocycles. The minimum atomic E-state index is -0.448. The summed E-state index contributed by atoms with van der Waals surface area (Å²) in [4.78, 5) is 40.4. The highest BCUT2D eigenvalue weighted by Crippen LogP contribution is 2.27. The summed E-state index contributed by atoms with van der Waals surface area (Å²) < 4.78 is 0. The van der Waals surface area contributed by atoms with Crippen molar-refractivity contribution in [3.63, 3.8) is 0 Å². The smallest absolute Gasteiger partial charge is 0.246 e. The van der Waals surface area contributed by atoms with Gasteiger partial charge in [0.1, 0.15) is 12.1 Å². The van der Waals surface area contributed by atoms with Crippen molar-refractivity contribution in [3.05, 3.63) is 0 Å². The van der Waals surface area contributed by atoms with Gasteiger partial charge in [-0.05, 0) is 19.3 Å². The first-order chi connectivity index (χ1) is 11.1. The molecule has 7 heteroatoms.